The number of carboxylic acids is 1. The lowest BCUT2D eigenvalue weighted by molar-refractivity contribution is -0.384. The SMILES string of the molecule is O=C(NCC(F)C(=O)O)c1ccc(CN(C(=O)Nc2cccc([N+](=O)[O-])c2)c2ccc(C3CCCCC3)cc2)cc1. The van der Waals surface area contributed by atoms with Crippen LogP contribution in [0, 0.1) is 10.1 Å². The largest absolute Gasteiger partial charge is 0.479 e. The van der Waals surface area contributed by atoms with Crippen LogP contribution in [0.2, 0.25) is 0 Å². The maximum Gasteiger partial charge on any atom is 0.340 e. The molecule has 3 N–H and O–H groups in total. The lowest BCUT2D eigenvalue weighted by Gasteiger charge is -2.25. The molecule has 0 saturated heterocycles. The van der Waals surface area contributed by atoms with Crippen molar-refractivity contribution in [2.24, 2.45) is 0 Å². The van der Waals surface area contributed by atoms with E-state index >= 15 is 0 Å². The van der Waals surface area contributed by atoms with Gasteiger partial charge >= 0.3 is 12.0 Å². The number of carbonyl (C=O) groups excluding carboxylic acids is 2. The Morgan fingerprint density at radius 2 is 1.68 bits per heavy atom. The number of halogens is 1. The average molecular weight is 563 g/mol. The van der Waals surface area contributed by atoms with Gasteiger partial charge in [0.25, 0.3) is 11.6 Å². The van der Waals surface area contributed by atoms with Crippen LogP contribution in [-0.2, 0) is 11.3 Å². The summed E-state index contributed by atoms with van der Waals surface area (Å²) in [5.74, 6) is -1.79. The number of nitrogens with one attached hydrogen (secondary N) is 2. The molecule has 3 aromatic carbocycles. The van der Waals surface area contributed by atoms with Crippen LogP contribution in [0.4, 0.5) is 26.2 Å². The second-order valence-electron chi connectivity index (χ2n) is 9.96. The maximum absolute atomic E-state index is 13.5. The molecule has 3 amide bonds. The van der Waals surface area contributed by atoms with Crippen LogP contribution in [0.1, 0.15) is 59.5 Å². The Morgan fingerprint density at radius 3 is 2.32 bits per heavy atom. The molecule has 1 fully saturated rings. The van der Waals surface area contributed by atoms with E-state index in [2.05, 4.69) is 10.6 Å². The van der Waals surface area contributed by atoms with E-state index < -0.39 is 35.5 Å². The first-order valence-electron chi connectivity index (χ1n) is 13.4. The minimum absolute atomic E-state index is 0.122. The van der Waals surface area contributed by atoms with E-state index in [0.29, 0.717) is 17.2 Å². The number of anilines is 2. The van der Waals surface area contributed by atoms with E-state index in [1.165, 1.54) is 60.1 Å². The monoisotopic (exact) mass is 562 g/mol. The zero-order valence-electron chi connectivity index (χ0n) is 22.3. The maximum atomic E-state index is 13.5. The topological polar surface area (TPSA) is 142 Å². The van der Waals surface area contributed by atoms with Crippen LogP contribution in [0.15, 0.2) is 72.8 Å². The molecule has 214 valence electrons. The molecule has 0 spiro atoms. The van der Waals surface area contributed by atoms with Crippen molar-refractivity contribution >= 4 is 35.0 Å². The van der Waals surface area contributed by atoms with Crippen molar-refractivity contribution in [3.05, 3.63) is 99.6 Å². The number of urea groups is 1. The molecule has 0 aliphatic heterocycles. The number of hydrogen-bond acceptors (Lipinski definition) is 5. The number of carbonyl (C=O) groups is 3. The zero-order chi connectivity index (χ0) is 29.4. The summed E-state index contributed by atoms with van der Waals surface area (Å²) >= 11 is 0. The van der Waals surface area contributed by atoms with Gasteiger partial charge in [-0.3, -0.25) is 19.8 Å². The molecule has 41 heavy (non-hydrogen) atoms. The highest BCUT2D eigenvalue weighted by atomic mass is 19.1. The first-order valence-corrected chi connectivity index (χ1v) is 13.4. The lowest BCUT2D eigenvalue weighted by Crippen LogP contribution is -2.35. The number of amides is 3. The van der Waals surface area contributed by atoms with Crippen LogP contribution in [0.5, 0.6) is 0 Å². The van der Waals surface area contributed by atoms with Crippen LogP contribution in [0.25, 0.3) is 0 Å². The Labute approximate surface area is 236 Å². The molecule has 1 unspecified atom stereocenters. The van der Waals surface area contributed by atoms with Gasteiger partial charge in [0.1, 0.15) is 0 Å². The zero-order valence-corrected chi connectivity index (χ0v) is 22.3. The number of nitrogens with zero attached hydrogens (tertiary/aromatic N) is 2. The number of rotatable bonds is 10. The number of nitro benzene ring substituents is 1. The minimum Gasteiger partial charge on any atom is -0.479 e. The number of aliphatic carboxylic acids is 1. The van der Waals surface area contributed by atoms with Crippen LogP contribution in [-0.4, -0.2) is 40.7 Å². The van der Waals surface area contributed by atoms with Gasteiger partial charge in [0.2, 0.25) is 6.17 Å². The molecule has 0 bridgehead atoms. The molecule has 0 radical (unpaired) electrons. The molecule has 0 heterocycles. The summed E-state index contributed by atoms with van der Waals surface area (Å²) in [6.45, 7) is -0.532. The van der Waals surface area contributed by atoms with Crippen LogP contribution < -0.4 is 15.5 Å². The van der Waals surface area contributed by atoms with Gasteiger partial charge in [0.05, 0.1) is 18.0 Å². The molecule has 11 heteroatoms. The summed E-state index contributed by atoms with van der Waals surface area (Å²) in [6, 6.07) is 19.3. The summed E-state index contributed by atoms with van der Waals surface area (Å²) in [7, 11) is 0. The Hall–Kier alpha value is -4.80. The van der Waals surface area contributed by atoms with Gasteiger partial charge in [0, 0.05) is 29.1 Å². The Kier molecular flexibility index (Phi) is 9.62. The standard InChI is InChI=1S/C30H31FN4O6/c31-27(29(37)38)18-32-28(36)23-11-9-20(10-12-23)19-34(30(39)33-24-7-4-8-26(17-24)35(40)41)25-15-13-22(14-16-25)21-5-2-1-3-6-21/h4,7-17,21,27H,1-3,5-6,18-19H2,(H,32,36)(H,33,39)(H,37,38). The highest BCUT2D eigenvalue weighted by Crippen LogP contribution is 2.33. The third-order valence-corrected chi connectivity index (χ3v) is 7.10. The fraction of sp³-hybridized carbons (Fsp3) is 0.300. The van der Waals surface area contributed by atoms with Crippen molar-refractivity contribution in [3.8, 4) is 0 Å². The average Bonchev–Trinajstić information content (AvgIpc) is 2.99. The van der Waals surface area contributed by atoms with Crippen molar-refractivity contribution in [2.45, 2.75) is 50.7 Å². The Balaban J connectivity index is 1.53. The van der Waals surface area contributed by atoms with Crippen molar-refractivity contribution < 1.29 is 28.8 Å². The first kappa shape index (κ1) is 29.2. The number of nitro groups is 1. The normalized spacial score (nSPS) is 14.1. The van der Waals surface area contributed by atoms with E-state index in [9.17, 15) is 28.9 Å². The smallest absolute Gasteiger partial charge is 0.340 e. The van der Waals surface area contributed by atoms with Crippen molar-refractivity contribution in [2.75, 3.05) is 16.8 Å². The second-order valence-corrected chi connectivity index (χ2v) is 9.96. The third-order valence-electron chi connectivity index (χ3n) is 7.10. The Morgan fingerprint density at radius 1 is 1.00 bits per heavy atom. The lowest BCUT2D eigenvalue weighted by atomic mass is 9.84. The highest BCUT2D eigenvalue weighted by Gasteiger charge is 2.21. The van der Waals surface area contributed by atoms with Gasteiger partial charge in [-0.25, -0.2) is 14.0 Å². The van der Waals surface area contributed by atoms with Gasteiger partial charge < -0.3 is 15.7 Å². The number of hydrogen-bond donors (Lipinski definition) is 3. The Bertz CT molecular complexity index is 1390. The highest BCUT2D eigenvalue weighted by molar-refractivity contribution is 6.02. The van der Waals surface area contributed by atoms with E-state index in [0.717, 1.165) is 12.8 Å². The molecule has 1 aliphatic rings. The van der Waals surface area contributed by atoms with Gasteiger partial charge in [-0.1, -0.05) is 49.6 Å². The first-order chi connectivity index (χ1) is 19.7. The fourth-order valence-electron chi connectivity index (χ4n) is 4.85. The van der Waals surface area contributed by atoms with Crippen LogP contribution >= 0.6 is 0 Å². The summed E-state index contributed by atoms with van der Waals surface area (Å²) in [4.78, 5) is 48.5. The number of carboxylic acid groups (broad SMARTS) is 1. The molecular formula is C30H31FN4O6. The van der Waals surface area contributed by atoms with E-state index in [4.69, 9.17) is 5.11 Å². The molecule has 10 nitrogen and oxygen atoms in total. The van der Waals surface area contributed by atoms with E-state index in [-0.39, 0.29) is 23.5 Å². The summed E-state index contributed by atoms with van der Waals surface area (Å²) in [5, 5.41) is 24.8. The van der Waals surface area contributed by atoms with Crippen LogP contribution in [0.3, 0.4) is 0 Å². The fourth-order valence-corrected chi connectivity index (χ4v) is 4.85. The van der Waals surface area contributed by atoms with Crippen molar-refractivity contribution in [1.82, 2.24) is 5.32 Å². The second kappa shape index (κ2) is 13.5. The van der Waals surface area contributed by atoms with Gasteiger partial charge in [-0.2, -0.15) is 0 Å². The third kappa shape index (κ3) is 7.87. The number of benzene rings is 3. The molecule has 3 aromatic rings. The number of non-ortho nitro benzene ring substituents is 1. The van der Waals surface area contributed by atoms with Gasteiger partial charge in [-0.15, -0.1) is 0 Å². The molecule has 1 saturated carbocycles. The molecule has 1 atom stereocenters. The van der Waals surface area contributed by atoms with Crippen molar-refractivity contribution in [3.63, 3.8) is 0 Å². The number of alkyl halides is 1. The van der Waals surface area contributed by atoms with E-state index in [1.807, 2.05) is 24.3 Å². The van der Waals surface area contributed by atoms with E-state index in [1.54, 1.807) is 18.2 Å². The van der Waals surface area contributed by atoms with Crippen molar-refractivity contribution in [1.29, 1.82) is 0 Å². The molecular weight excluding hydrogens is 531 g/mol. The minimum atomic E-state index is -2.21. The summed E-state index contributed by atoms with van der Waals surface area (Å²) in [6.07, 6.45) is 3.72. The van der Waals surface area contributed by atoms with Gasteiger partial charge in [0.15, 0.2) is 0 Å². The predicted octanol–water partition coefficient (Wildman–Crippen LogP) is 6.03. The molecule has 0 aromatic heterocycles. The summed E-state index contributed by atoms with van der Waals surface area (Å²) in [5.41, 5.74) is 2.85. The molecule has 4 rings (SSSR count). The quantitative estimate of drug-likeness (QED) is 0.203. The summed E-state index contributed by atoms with van der Waals surface area (Å²) < 4.78 is 13.3. The van der Waals surface area contributed by atoms with Gasteiger partial charge in [-0.05, 0) is 60.2 Å². The predicted molar refractivity (Wildman–Crippen MR) is 152 cm³/mol. The molecule has 1 aliphatic carbocycles.